The molecule has 2 heterocycles. The normalized spacial score (nSPS) is 19.5. The minimum Gasteiger partial charge on any atom is -0.467 e. The zero-order valence-electron chi connectivity index (χ0n) is 11.6. The number of nitrogens with zero attached hydrogens (tertiary/aromatic N) is 1. The van der Waals surface area contributed by atoms with E-state index in [1.165, 1.54) is 12.0 Å². The number of methoxy groups -OCH3 is 1. The van der Waals surface area contributed by atoms with Crippen LogP contribution in [0.3, 0.4) is 0 Å². The summed E-state index contributed by atoms with van der Waals surface area (Å²) in [5.74, 6) is 0.869. The van der Waals surface area contributed by atoms with Crippen LogP contribution in [0.25, 0.3) is 0 Å². The van der Waals surface area contributed by atoms with Crippen LogP contribution in [0.5, 0.6) is 11.5 Å². The average molecular weight is 292 g/mol. The van der Waals surface area contributed by atoms with Gasteiger partial charge in [0.25, 0.3) is 0 Å². The molecule has 21 heavy (non-hydrogen) atoms. The second kappa shape index (κ2) is 5.51. The molecule has 0 saturated carbocycles. The third kappa shape index (κ3) is 2.58. The smallest absolute Gasteiger partial charge is 0.328 e. The monoisotopic (exact) mass is 292 g/mol. The fourth-order valence-corrected chi connectivity index (χ4v) is 2.56. The molecule has 1 fully saturated rings. The highest BCUT2D eigenvalue weighted by Crippen LogP contribution is 2.34. The Kier molecular flexibility index (Phi) is 3.55. The fraction of sp³-hybridized carbons (Fsp3) is 0.429. The fourth-order valence-electron chi connectivity index (χ4n) is 2.56. The van der Waals surface area contributed by atoms with E-state index in [2.05, 4.69) is 5.32 Å². The molecule has 1 aromatic rings. The minimum atomic E-state index is -0.510. The van der Waals surface area contributed by atoms with Crippen LogP contribution in [0, 0.1) is 0 Å². The molecule has 7 heteroatoms. The minimum absolute atomic E-state index is 0.184. The van der Waals surface area contributed by atoms with Gasteiger partial charge in [0.1, 0.15) is 6.04 Å². The van der Waals surface area contributed by atoms with Crippen LogP contribution in [0.4, 0.5) is 10.5 Å². The number of ether oxygens (including phenoxy) is 3. The molecule has 1 aromatic carbocycles. The Balaban J connectivity index is 1.70. The largest absolute Gasteiger partial charge is 0.467 e. The van der Waals surface area contributed by atoms with E-state index in [1.54, 1.807) is 18.2 Å². The number of carbonyl (C=O) groups excluding carboxylic acids is 2. The molecule has 2 amide bonds. The molecule has 0 radical (unpaired) electrons. The Morgan fingerprint density at radius 2 is 2.14 bits per heavy atom. The molecule has 0 aromatic heterocycles. The van der Waals surface area contributed by atoms with Gasteiger partial charge in [-0.3, -0.25) is 0 Å². The summed E-state index contributed by atoms with van der Waals surface area (Å²) >= 11 is 0. The van der Waals surface area contributed by atoms with Crippen molar-refractivity contribution in [3.05, 3.63) is 18.2 Å². The highest BCUT2D eigenvalue weighted by molar-refractivity contribution is 5.93. The van der Waals surface area contributed by atoms with Crippen molar-refractivity contribution in [2.24, 2.45) is 0 Å². The standard InChI is InChI=1S/C14H16N2O5/c1-19-13(17)10-3-2-6-16(10)14(18)15-9-4-5-11-12(7-9)21-8-20-11/h4-5,7,10H,2-3,6,8H2,1H3,(H,15,18). The van der Waals surface area contributed by atoms with Crippen LogP contribution in [0.2, 0.25) is 0 Å². The molecule has 0 aliphatic carbocycles. The first kappa shape index (κ1) is 13.5. The number of hydrogen-bond acceptors (Lipinski definition) is 5. The quantitative estimate of drug-likeness (QED) is 0.837. The predicted molar refractivity (Wildman–Crippen MR) is 73.3 cm³/mol. The number of esters is 1. The Morgan fingerprint density at radius 1 is 1.33 bits per heavy atom. The highest BCUT2D eigenvalue weighted by atomic mass is 16.7. The van der Waals surface area contributed by atoms with Gasteiger partial charge >= 0.3 is 12.0 Å². The molecular formula is C14H16N2O5. The predicted octanol–water partition coefficient (Wildman–Crippen LogP) is 1.58. The lowest BCUT2D eigenvalue weighted by Gasteiger charge is -2.23. The number of likely N-dealkylation sites (tertiary alicyclic amines) is 1. The number of anilines is 1. The molecule has 3 rings (SSSR count). The Labute approximate surface area is 121 Å². The van der Waals surface area contributed by atoms with Gasteiger partial charge < -0.3 is 24.4 Å². The molecular weight excluding hydrogens is 276 g/mol. The third-order valence-corrected chi connectivity index (χ3v) is 3.61. The van der Waals surface area contributed by atoms with E-state index in [0.29, 0.717) is 30.2 Å². The molecule has 2 aliphatic rings. The van der Waals surface area contributed by atoms with Crippen LogP contribution in [0.15, 0.2) is 18.2 Å². The summed E-state index contributed by atoms with van der Waals surface area (Å²) in [6.45, 7) is 0.722. The van der Waals surface area contributed by atoms with Crippen LogP contribution in [-0.2, 0) is 9.53 Å². The summed E-state index contributed by atoms with van der Waals surface area (Å²) in [5.41, 5.74) is 0.597. The summed E-state index contributed by atoms with van der Waals surface area (Å²) in [6, 6.07) is 4.34. The Bertz CT molecular complexity index is 574. The van der Waals surface area contributed by atoms with Gasteiger partial charge in [-0.1, -0.05) is 0 Å². The van der Waals surface area contributed by atoms with Crippen molar-refractivity contribution in [1.29, 1.82) is 0 Å². The van der Waals surface area contributed by atoms with Crippen molar-refractivity contribution in [2.45, 2.75) is 18.9 Å². The van der Waals surface area contributed by atoms with Gasteiger partial charge in [0.05, 0.1) is 7.11 Å². The first-order valence-electron chi connectivity index (χ1n) is 6.74. The van der Waals surface area contributed by atoms with Crippen molar-refractivity contribution >= 4 is 17.7 Å². The number of fused-ring (bicyclic) bond motifs is 1. The second-order valence-electron chi connectivity index (χ2n) is 4.87. The van der Waals surface area contributed by atoms with Crippen LogP contribution >= 0.6 is 0 Å². The molecule has 0 bridgehead atoms. The van der Waals surface area contributed by atoms with E-state index in [1.807, 2.05) is 0 Å². The lowest BCUT2D eigenvalue weighted by atomic mass is 10.2. The highest BCUT2D eigenvalue weighted by Gasteiger charge is 2.35. The van der Waals surface area contributed by atoms with Crippen molar-refractivity contribution in [3.63, 3.8) is 0 Å². The van der Waals surface area contributed by atoms with Gasteiger partial charge in [-0.15, -0.1) is 0 Å². The first-order chi connectivity index (χ1) is 10.2. The molecule has 1 unspecified atom stereocenters. The number of benzene rings is 1. The van der Waals surface area contributed by atoms with Crippen LogP contribution < -0.4 is 14.8 Å². The topological polar surface area (TPSA) is 77.1 Å². The summed E-state index contributed by atoms with van der Waals surface area (Å²) in [6.07, 6.45) is 1.41. The molecule has 1 atom stereocenters. The number of urea groups is 1. The SMILES string of the molecule is COC(=O)C1CCCN1C(=O)Nc1ccc2c(c1)OCO2. The lowest BCUT2D eigenvalue weighted by molar-refractivity contribution is -0.144. The van der Waals surface area contributed by atoms with Gasteiger partial charge in [0.15, 0.2) is 11.5 Å². The van der Waals surface area contributed by atoms with Crippen LogP contribution in [-0.4, -0.2) is 43.4 Å². The summed E-state index contributed by atoms with van der Waals surface area (Å²) in [5, 5.41) is 2.77. The van der Waals surface area contributed by atoms with E-state index < -0.39 is 6.04 Å². The second-order valence-corrected chi connectivity index (χ2v) is 4.87. The molecule has 0 spiro atoms. The summed E-state index contributed by atoms with van der Waals surface area (Å²) in [4.78, 5) is 25.4. The van der Waals surface area contributed by atoms with Crippen molar-refractivity contribution in [2.75, 3.05) is 25.8 Å². The molecule has 1 saturated heterocycles. The zero-order chi connectivity index (χ0) is 14.8. The summed E-state index contributed by atoms with van der Waals surface area (Å²) < 4.78 is 15.2. The van der Waals surface area contributed by atoms with Crippen molar-refractivity contribution in [3.8, 4) is 11.5 Å². The van der Waals surface area contributed by atoms with Crippen molar-refractivity contribution < 1.29 is 23.8 Å². The molecule has 2 aliphatic heterocycles. The van der Waals surface area contributed by atoms with Gasteiger partial charge in [0.2, 0.25) is 6.79 Å². The Hall–Kier alpha value is -2.44. The Morgan fingerprint density at radius 3 is 2.95 bits per heavy atom. The van der Waals surface area contributed by atoms with E-state index in [0.717, 1.165) is 6.42 Å². The van der Waals surface area contributed by atoms with E-state index in [4.69, 9.17) is 14.2 Å². The number of rotatable bonds is 2. The molecule has 1 N–H and O–H groups in total. The van der Waals surface area contributed by atoms with Crippen LogP contribution in [0.1, 0.15) is 12.8 Å². The summed E-state index contributed by atoms with van der Waals surface area (Å²) in [7, 11) is 1.33. The maximum Gasteiger partial charge on any atom is 0.328 e. The number of nitrogens with one attached hydrogen (secondary N) is 1. The van der Waals surface area contributed by atoms with Gasteiger partial charge in [-0.25, -0.2) is 9.59 Å². The number of hydrogen-bond donors (Lipinski definition) is 1. The van der Waals surface area contributed by atoms with Crippen molar-refractivity contribution in [1.82, 2.24) is 4.90 Å². The third-order valence-electron chi connectivity index (χ3n) is 3.61. The number of amides is 2. The lowest BCUT2D eigenvalue weighted by Crippen LogP contribution is -2.43. The van der Waals surface area contributed by atoms with Gasteiger partial charge in [-0.2, -0.15) is 0 Å². The average Bonchev–Trinajstić information content (AvgIpc) is 3.14. The van der Waals surface area contributed by atoms with E-state index in [9.17, 15) is 9.59 Å². The first-order valence-corrected chi connectivity index (χ1v) is 6.74. The van der Waals surface area contributed by atoms with Gasteiger partial charge in [-0.05, 0) is 25.0 Å². The van der Waals surface area contributed by atoms with E-state index >= 15 is 0 Å². The number of carbonyl (C=O) groups is 2. The van der Waals surface area contributed by atoms with E-state index in [-0.39, 0.29) is 18.8 Å². The molecule has 112 valence electrons. The maximum absolute atomic E-state index is 12.3. The zero-order valence-corrected chi connectivity index (χ0v) is 11.6. The maximum atomic E-state index is 12.3. The molecule has 7 nitrogen and oxygen atoms in total. The van der Waals surface area contributed by atoms with Gasteiger partial charge in [0, 0.05) is 18.3 Å².